The second-order valence-electron chi connectivity index (χ2n) is 5.10. The molecule has 4 nitrogen and oxygen atoms in total. The number of hydrogen-bond acceptors (Lipinski definition) is 2. The summed E-state index contributed by atoms with van der Waals surface area (Å²) in [5, 5.41) is 3.00. The molecule has 0 bridgehead atoms. The first-order chi connectivity index (χ1) is 9.20. The average Bonchev–Trinajstić information content (AvgIpc) is 2.88. The fourth-order valence-corrected chi connectivity index (χ4v) is 2.55. The molecule has 102 valence electrons. The zero-order valence-electron chi connectivity index (χ0n) is 11.2. The lowest BCUT2D eigenvalue weighted by atomic mass is 10.1. The number of nitrogens with one attached hydrogen (secondary N) is 1. The normalized spacial score (nSPS) is 20.1. The Balaban J connectivity index is 1.86. The van der Waals surface area contributed by atoms with Crippen LogP contribution in [0.15, 0.2) is 30.3 Å². The van der Waals surface area contributed by atoms with Crippen LogP contribution in [0, 0.1) is 0 Å². The minimum atomic E-state index is -0.282. The van der Waals surface area contributed by atoms with Crippen molar-refractivity contribution in [2.24, 2.45) is 0 Å². The third-order valence-electron chi connectivity index (χ3n) is 3.51. The Morgan fingerprint density at radius 1 is 1.47 bits per heavy atom. The van der Waals surface area contributed by atoms with E-state index in [0.29, 0.717) is 6.54 Å². The van der Waals surface area contributed by atoms with Crippen molar-refractivity contribution < 1.29 is 9.59 Å². The summed E-state index contributed by atoms with van der Waals surface area (Å²) in [5.41, 5.74) is 1.20. The highest BCUT2D eigenvalue weighted by Gasteiger charge is 2.29. The molecule has 2 amide bonds. The number of amides is 2. The van der Waals surface area contributed by atoms with E-state index in [1.807, 2.05) is 25.1 Å². The van der Waals surface area contributed by atoms with Crippen LogP contribution in [-0.2, 0) is 16.0 Å². The highest BCUT2D eigenvalue weighted by atomic mass is 16.2. The molecule has 2 atom stereocenters. The predicted molar refractivity (Wildman–Crippen MR) is 73.5 cm³/mol. The van der Waals surface area contributed by atoms with E-state index in [9.17, 15) is 9.59 Å². The van der Waals surface area contributed by atoms with Gasteiger partial charge in [0.2, 0.25) is 12.3 Å². The maximum atomic E-state index is 12.1. The van der Waals surface area contributed by atoms with E-state index >= 15 is 0 Å². The Bertz CT molecular complexity index is 433. The molecule has 4 heteroatoms. The van der Waals surface area contributed by atoms with Crippen LogP contribution in [0.1, 0.15) is 25.3 Å². The summed E-state index contributed by atoms with van der Waals surface area (Å²) in [6.45, 7) is 2.68. The van der Waals surface area contributed by atoms with Gasteiger partial charge in [-0.2, -0.15) is 0 Å². The largest absolute Gasteiger partial charge is 0.352 e. The lowest BCUT2D eigenvalue weighted by Gasteiger charge is -2.22. The van der Waals surface area contributed by atoms with Crippen molar-refractivity contribution in [2.75, 3.05) is 6.54 Å². The summed E-state index contributed by atoms with van der Waals surface area (Å²) < 4.78 is 0. The van der Waals surface area contributed by atoms with E-state index in [2.05, 4.69) is 17.4 Å². The monoisotopic (exact) mass is 260 g/mol. The molecule has 0 saturated carbocycles. The van der Waals surface area contributed by atoms with E-state index in [1.165, 1.54) is 5.56 Å². The number of likely N-dealkylation sites (tertiary alicyclic amines) is 1. The number of benzene rings is 1. The highest BCUT2D eigenvalue weighted by Crippen LogP contribution is 2.15. The molecule has 1 N–H and O–H groups in total. The molecular formula is C15H20N2O2. The fraction of sp³-hybridized carbons (Fsp3) is 0.467. The van der Waals surface area contributed by atoms with Crippen molar-refractivity contribution in [3.05, 3.63) is 35.9 Å². The number of rotatable bonds is 5. The van der Waals surface area contributed by atoms with Crippen molar-refractivity contribution >= 4 is 12.3 Å². The first kappa shape index (κ1) is 13.6. The number of hydrogen-bond donors (Lipinski definition) is 1. The van der Waals surface area contributed by atoms with Crippen molar-refractivity contribution in [2.45, 2.75) is 38.3 Å². The minimum absolute atomic E-state index is 0.0342. The van der Waals surface area contributed by atoms with Crippen LogP contribution in [0.4, 0.5) is 0 Å². The fourth-order valence-electron chi connectivity index (χ4n) is 2.55. The van der Waals surface area contributed by atoms with Crippen LogP contribution in [0.5, 0.6) is 0 Å². The Labute approximate surface area is 113 Å². The summed E-state index contributed by atoms with van der Waals surface area (Å²) in [4.78, 5) is 24.5. The SMILES string of the molecule is CC(Cc1ccccc1)NC(=O)C1CCCN1C=O. The van der Waals surface area contributed by atoms with E-state index in [0.717, 1.165) is 25.7 Å². The molecular weight excluding hydrogens is 240 g/mol. The Kier molecular flexibility index (Phi) is 4.55. The van der Waals surface area contributed by atoms with Gasteiger partial charge < -0.3 is 10.2 Å². The van der Waals surface area contributed by atoms with Gasteiger partial charge in [0.1, 0.15) is 6.04 Å². The van der Waals surface area contributed by atoms with Crippen molar-refractivity contribution in [3.8, 4) is 0 Å². The van der Waals surface area contributed by atoms with Crippen LogP contribution in [0.25, 0.3) is 0 Å². The van der Waals surface area contributed by atoms with Gasteiger partial charge >= 0.3 is 0 Å². The molecule has 1 heterocycles. The van der Waals surface area contributed by atoms with Crippen molar-refractivity contribution in [1.82, 2.24) is 10.2 Å². The van der Waals surface area contributed by atoms with E-state index < -0.39 is 0 Å². The predicted octanol–water partition coefficient (Wildman–Crippen LogP) is 1.35. The molecule has 0 spiro atoms. The average molecular weight is 260 g/mol. The van der Waals surface area contributed by atoms with Gasteiger partial charge in [-0.3, -0.25) is 9.59 Å². The maximum Gasteiger partial charge on any atom is 0.243 e. The standard InChI is InChI=1S/C15H20N2O2/c1-12(10-13-6-3-2-4-7-13)16-15(19)14-8-5-9-17(14)11-18/h2-4,6-7,11-12,14H,5,8-10H2,1H3,(H,16,19). The lowest BCUT2D eigenvalue weighted by molar-refractivity contribution is -0.131. The van der Waals surface area contributed by atoms with E-state index in [1.54, 1.807) is 4.90 Å². The van der Waals surface area contributed by atoms with Gasteiger partial charge in [0.15, 0.2) is 0 Å². The molecule has 1 saturated heterocycles. The molecule has 19 heavy (non-hydrogen) atoms. The first-order valence-corrected chi connectivity index (χ1v) is 6.76. The summed E-state index contributed by atoms with van der Waals surface area (Å²) in [7, 11) is 0. The van der Waals surface area contributed by atoms with Crippen LogP contribution in [0.3, 0.4) is 0 Å². The first-order valence-electron chi connectivity index (χ1n) is 6.76. The smallest absolute Gasteiger partial charge is 0.243 e. The second kappa shape index (κ2) is 6.36. The third kappa shape index (κ3) is 3.56. The maximum absolute atomic E-state index is 12.1. The topological polar surface area (TPSA) is 49.4 Å². The van der Waals surface area contributed by atoms with Gasteiger partial charge in [-0.05, 0) is 31.7 Å². The quantitative estimate of drug-likeness (QED) is 0.813. The summed E-state index contributed by atoms with van der Waals surface area (Å²) in [5.74, 6) is -0.0342. The van der Waals surface area contributed by atoms with Crippen LogP contribution in [-0.4, -0.2) is 35.8 Å². The number of carbonyl (C=O) groups is 2. The van der Waals surface area contributed by atoms with Gasteiger partial charge in [-0.15, -0.1) is 0 Å². The molecule has 2 unspecified atom stereocenters. The summed E-state index contributed by atoms with van der Waals surface area (Å²) >= 11 is 0. The second-order valence-corrected chi connectivity index (χ2v) is 5.10. The molecule has 1 aromatic rings. The zero-order chi connectivity index (χ0) is 13.7. The van der Waals surface area contributed by atoms with Crippen LogP contribution < -0.4 is 5.32 Å². The van der Waals surface area contributed by atoms with Crippen LogP contribution in [0.2, 0.25) is 0 Å². The van der Waals surface area contributed by atoms with Crippen molar-refractivity contribution in [1.29, 1.82) is 0 Å². The molecule has 0 aliphatic carbocycles. The highest BCUT2D eigenvalue weighted by molar-refractivity contribution is 5.84. The number of carbonyl (C=O) groups excluding carboxylic acids is 2. The summed E-state index contributed by atoms with van der Waals surface area (Å²) in [6.07, 6.45) is 3.26. The van der Waals surface area contributed by atoms with Gasteiger partial charge in [0, 0.05) is 12.6 Å². The Morgan fingerprint density at radius 3 is 2.89 bits per heavy atom. The van der Waals surface area contributed by atoms with Gasteiger partial charge in [-0.1, -0.05) is 30.3 Å². The van der Waals surface area contributed by atoms with E-state index in [4.69, 9.17) is 0 Å². The van der Waals surface area contributed by atoms with Gasteiger partial charge in [0.05, 0.1) is 0 Å². The molecule has 0 aromatic heterocycles. The van der Waals surface area contributed by atoms with Gasteiger partial charge in [0.25, 0.3) is 0 Å². The summed E-state index contributed by atoms with van der Waals surface area (Å²) in [6, 6.07) is 9.86. The van der Waals surface area contributed by atoms with Crippen molar-refractivity contribution in [3.63, 3.8) is 0 Å². The number of nitrogens with zero attached hydrogens (tertiary/aromatic N) is 1. The molecule has 0 radical (unpaired) electrons. The molecule has 1 fully saturated rings. The molecule has 1 aliphatic heterocycles. The molecule has 2 rings (SSSR count). The molecule has 1 aliphatic rings. The van der Waals surface area contributed by atoms with E-state index in [-0.39, 0.29) is 18.0 Å². The Morgan fingerprint density at radius 2 is 2.21 bits per heavy atom. The van der Waals surface area contributed by atoms with Gasteiger partial charge in [-0.25, -0.2) is 0 Å². The molecule has 1 aromatic carbocycles. The minimum Gasteiger partial charge on any atom is -0.352 e. The van der Waals surface area contributed by atoms with Crippen LogP contribution >= 0.6 is 0 Å². The third-order valence-corrected chi connectivity index (χ3v) is 3.51. The Hall–Kier alpha value is -1.84. The zero-order valence-corrected chi connectivity index (χ0v) is 11.2. The lowest BCUT2D eigenvalue weighted by Crippen LogP contribution is -2.46.